The van der Waals surface area contributed by atoms with E-state index in [-0.39, 0.29) is 18.0 Å². The van der Waals surface area contributed by atoms with Crippen LogP contribution in [-0.2, 0) is 4.79 Å². The number of thioether (sulfide) groups is 1. The highest BCUT2D eigenvalue weighted by atomic mass is 35.5. The van der Waals surface area contributed by atoms with Gasteiger partial charge in [-0.15, -0.1) is 10.2 Å². The van der Waals surface area contributed by atoms with Crippen LogP contribution in [0, 0.1) is 0 Å². The standard InChI is InChI=1S/C24H27ClN4O2S/c1-16-7-6-8-17(2)28(16)22(30)15-32-24-27-26-23(20-9-4-5-10-21(20)31-3)29(24)19-13-11-18(25)12-14-19/h4-5,9-14,16-17H,6-8,15H2,1-3H3/t16-,17-/m1/s1. The van der Waals surface area contributed by atoms with Gasteiger partial charge in [-0.1, -0.05) is 35.5 Å². The van der Waals surface area contributed by atoms with Gasteiger partial charge in [0, 0.05) is 22.8 Å². The monoisotopic (exact) mass is 470 g/mol. The van der Waals surface area contributed by atoms with Crippen molar-refractivity contribution in [3.8, 4) is 22.8 Å². The van der Waals surface area contributed by atoms with Gasteiger partial charge in [-0.3, -0.25) is 9.36 Å². The van der Waals surface area contributed by atoms with Crippen LogP contribution in [0.3, 0.4) is 0 Å². The van der Waals surface area contributed by atoms with Gasteiger partial charge < -0.3 is 9.64 Å². The number of carbonyl (C=O) groups is 1. The van der Waals surface area contributed by atoms with Gasteiger partial charge in [-0.2, -0.15) is 0 Å². The van der Waals surface area contributed by atoms with Crippen LogP contribution in [0.5, 0.6) is 5.75 Å². The SMILES string of the molecule is COc1ccccc1-c1nnc(SCC(=O)N2[C@H](C)CCC[C@H]2C)n1-c1ccc(Cl)cc1. The predicted octanol–water partition coefficient (Wildman–Crippen LogP) is 5.48. The molecular weight excluding hydrogens is 444 g/mol. The maximum Gasteiger partial charge on any atom is 0.233 e. The van der Waals surface area contributed by atoms with E-state index < -0.39 is 0 Å². The minimum absolute atomic E-state index is 0.138. The van der Waals surface area contributed by atoms with Crippen molar-refractivity contribution in [1.82, 2.24) is 19.7 Å². The third-order valence-corrected chi connectivity index (χ3v) is 7.04. The zero-order valence-electron chi connectivity index (χ0n) is 18.5. The molecular formula is C24H27ClN4O2S. The molecule has 1 amide bonds. The number of hydrogen-bond acceptors (Lipinski definition) is 5. The highest BCUT2D eigenvalue weighted by Crippen LogP contribution is 2.34. The smallest absolute Gasteiger partial charge is 0.233 e. The molecule has 2 aromatic carbocycles. The number of halogens is 1. The van der Waals surface area contributed by atoms with Crippen molar-refractivity contribution in [3.05, 3.63) is 53.6 Å². The molecule has 1 aliphatic rings. The summed E-state index contributed by atoms with van der Waals surface area (Å²) in [6.45, 7) is 4.27. The summed E-state index contributed by atoms with van der Waals surface area (Å²) in [7, 11) is 1.64. The number of amides is 1. The van der Waals surface area contributed by atoms with Gasteiger partial charge in [-0.05, 0) is 69.5 Å². The summed E-state index contributed by atoms with van der Waals surface area (Å²) < 4.78 is 7.50. The molecule has 1 aromatic heterocycles. The average molecular weight is 471 g/mol. The van der Waals surface area contributed by atoms with Gasteiger partial charge >= 0.3 is 0 Å². The number of benzene rings is 2. The Bertz CT molecular complexity index is 1080. The molecule has 168 valence electrons. The fraction of sp³-hybridized carbons (Fsp3) is 0.375. The summed E-state index contributed by atoms with van der Waals surface area (Å²) in [6.07, 6.45) is 3.28. The van der Waals surface area contributed by atoms with Gasteiger partial charge in [0.25, 0.3) is 0 Å². The van der Waals surface area contributed by atoms with E-state index in [1.54, 1.807) is 7.11 Å². The van der Waals surface area contributed by atoms with Crippen molar-refractivity contribution >= 4 is 29.3 Å². The first-order valence-electron chi connectivity index (χ1n) is 10.8. The van der Waals surface area contributed by atoms with E-state index >= 15 is 0 Å². The van der Waals surface area contributed by atoms with Gasteiger partial charge in [0.1, 0.15) is 5.75 Å². The Morgan fingerprint density at radius 2 is 1.78 bits per heavy atom. The van der Waals surface area contributed by atoms with Crippen LogP contribution in [0.4, 0.5) is 0 Å². The molecule has 6 nitrogen and oxygen atoms in total. The van der Waals surface area contributed by atoms with Gasteiger partial charge in [0.2, 0.25) is 5.91 Å². The molecule has 0 N–H and O–H groups in total. The average Bonchev–Trinajstić information content (AvgIpc) is 3.21. The number of carbonyl (C=O) groups excluding carboxylic acids is 1. The van der Waals surface area contributed by atoms with E-state index in [1.165, 1.54) is 18.2 Å². The summed E-state index contributed by atoms with van der Waals surface area (Å²) in [6, 6.07) is 15.7. The Labute approximate surface area is 197 Å². The first-order valence-corrected chi connectivity index (χ1v) is 12.1. The van der Waals surface area contributed by atoms with Crippen molar-refractivity contribution in [2.45, 2.75) is 50.4 Å². The molecule has 32 heavy (non-hydrogen) atoms. The number of nitrogens with zero attached hydrogens (tertiary/aromatic N) is 4. The third kappa shape index (κ3) is 4.64. The molecule has 0 radical (unpaired) electrons. The topological polar surface area (TPSA) is 60.3 Å². The lowest BCUT2D eigenvalue weighted by molar-refractivity contribution is -0.134. The predicted molar refractivity (Wildman–Crippen MR) is 129 cm³/mol. The van der Waals surface area contributed by atoms with Gasteiger partial charge in [0.15, 0.2) is 11.0 Å². The van der Waals surface area contributed by atoms with E-state index in [4.69, 9.17) is 16.3 Å². The maximum atomic E-state index is 13.1. The Balaban J connectivity index is 1.67. The van der Waals surface area contributed by atoms with Crippen LogP contribution in [-0.4, -0.2) is 50.5 Å². The second-order valence-electron chi connectivity index (χ2n) is 8.04. The number of aromatic nitrogens is 3. The summed E-state index contributed by atoms with van der Waals surface area (Å²) in [5, 5.41) is 10.2. The summed E-state index contributed by atoms with van der Waals surface area (Å²) in [5.41, 5.74) is 1.70. The fourth-order valence-electron chi connectivity index (χ4n) is 4.30. The molecule has 0 aliphatic carbocycles. The summed E-state index contributed by atoms with van der Waals surface area (Å²) >= 11 is 7.52. The van der Waals surface area contributed by atoms with Crippen molar-refractivity contribution in [3.63, 3.8) is 0 Å². The Hall–Kier alpha value is -2.51. The third-order valence-electron chi connectivity index (χ3n) is 5.87. The molecule has 2 atom stereocenters. The fourth-order valence-corrected chi connectivity index (χ4v) is 5.25. The van der Waals surface area contributed by atoms with Crippen LogP contribution in [0.2, 0.25) is 5.02 Å². The molecule has 0 unspecified atom stereocenters. The van der Waals surface area contributed by atoms with Crippen LogP contribution in [0.15, 0.2) is 53.7 Å². The van der Waals surface area contributed by atoms with Crippen LogP contribution >= 0.6 is 23.4 Å². The summed E-state index contributed by atoms with van der Waals surface area (Å²) in [4.78, 5) is 15.1. The number of methoxy groups -OCH3 is 1. The second kappa shape index (κ2) is 9.96. The molecule has 1 fully saturated rings. The van der Waals surface area contributed by atoms with E-state index in [2.05, 4.69) is 24.0 Å². The van der Waals surface area contributed by atoms with E-state index in [0.717, 1.165) is 24.1 Å². The number of ether oxygens (including phenoxy) is 1. The molecule has 8 heteroatoms. The summed E-state index contributed by atoms with van der Waals surface area (Å²) in [5.74, 6) is 1.81. The normalized spacial score (nSPS) is 18.6. The molecule has 3 aromatic rings. The minimum Gasteiger partial charge on any atom is -0.496 e. The van der Waals surface area contributed by atoms with E-state index in [9.17, 15) is 4.79 Å². The second-order valence-corrected chi connectivity index (χ2v) is 9.42. The van der Waals surface area contributed by atoms with Crippen LogP contribution in [0.1, 0.15) is 33.1 Å². The Kier molecular flexibility index (Phi) is 7.06. The van der Waals surface area contributed by atoms with Gasteiger partial charge in [-0.25, -0.2) is 0 Å². The molecule has 0 bridgehead atoms. The Morgan fingerprint density at radius 1 is 1.09 bits per heavy atom. The van der Waals surface area contributed by atoms with Crippen molar-refractivity contribution in [1.29, 1.82) is 0 Å². The largest absolute Gasteiger partial charge is 0.496 e. The van der Waals surface area contributed by atoms with E-state index in [1.807, 2.05) is 58.0 Å². The number of hydrogen-bond donors (Lipinski definition) is 0. The number of piperidine rings is 1. The van der Waals surface area contributed by atoms with Gasteiger partial charge in [0.05, 0.1) is 18.4 Å². The van der Waals surface area contributed by atoms with Crippen LogP contribution in [0.25, 0.3) is 17.1 Å². The Morgan fingerprint density at radius 3 is 2.47 bits per heavy atom. The minimum atomic E-state index is 0.138. The number of likely N-dealkylation sites (tertiary alicyclic amines) is 1. The molecule has 0 saturated carbocycles. The quantitative estimate of drug-likeness (QED) is 0.446. The first kappa shape index (κ1) is 22.7. The highest BCUT2D eigenvalue weighted by Gasteiger charge is 2.29. The molecule has 0 spiro atoms. The zero-order chi connectivity index (χ0) is 22.7. The van der Waals surface area contributed by atoms with Crippen molar-refractivity contribution < 1.29 is 9.53 Å². The van der Waals surface area contributed by atoms with Crippen molar-refractivity contribution in [2.24, 2.45) is 0 Å². The number of rotatable bonds is 6. The van der Waals surface area contributed by atoms with Crippen LogP contribution < -0.4 is 4.74 Å². The highest BCUT2D eigenvalue weighted by molar-refractivity contribution is 7.99. The lowest BCUT2D eigenvalue weighted by atomic mass is 9.98. The van der Waals surface area contributed by atoms with Crippen molar-refractivity contribution in [2.75, 3.05) is 12.9 Å². The van der Waals surface area contributed by atoms with E-state index in [0.29, 0.717) is 27.5 Å². The molecule has 1 saturated heterocycles. The number of para-hydroxylation sites is 1. The first-order chi connectivity index (χ1) is 15.5. The maximum absolute atomic E-state index is 13.1. The lowest BCUT2D eigenvalue weighted by Crippen LogP contribution is -2.48. The zero-order valence-corrected chi connectivity index (χ0v) is 20.1. The molecule has 1 aliphatic heterocycles. The molecule has 2 heterocycles. The molecule has 4 rings (SSSR count). The lowest BCUT2D eigenvalue weighted by Gasteiger charge is -2.39.